The van der Waals surface area contributed by atoms with E-state index in [0.717, 1.165) is 0 Å². The second kappa shape index (κ2) is 4.49. The quantitative estimate of drug-likeness (QED) is 0.797. The first kappa shape index (κ1) is 10.9. The molecule has 4 heteroatoms. The lowest BCUT2D eigenvalue weighted by Crippen LogP contribution is -1.91. The first-order valence-corrected chi connectivity index (χ1v) is 5.04. The van der Waals surface area contributed by atoms with E-state index in [1.807, 2.05) is 0 Å². The highest BCUT2D eigenvalue weighted by Crippen LogP contribution is 2.30. The van der Waals surface area contributed by atoms with Crippen LogP contribution < -0.4 is 4.74 Å². The zero-order valence-electron chi connectivity index (χ0n) is 8.58. The molecule has 0 saturated carbocycles. The van der Waals surface area contributed by atoms with Crippen LogP contribution in [0.4, 0.5) is 4.39 Å². The molecule has 0 aliphatic rings. The molecule has 0 amide bonds. The van der Waals surface area contributed by atoms with Crippen molar-refractivity contribution in [1.82, 2.24) is 4.98 Å². The Morgan fingerprint density at radius 1 is 1.31 bits per heavy atom. The third-order valence-corrected chi connectivity index (χ3v) is 2.35. The van der Waals surface area contributed by atoms with Crippen molar-refractivity contribution in [3.8, 4) is 17.0 Å². The van der Waals surface area contributed by atoms with Crippen molar-refractivity contribution in [1.29, 1.82) is 0 Å². The Balaban J connectivity index is 2.58. The fourth-order valence-electron chi connectivity index (χ4n) is 1.45. The predicted molar refractivity (Wildman–Crippen MR) is 61.2 cm³/mol. The van der Waals surface area contributed by atoms with Crippen molar-refractivity contribution in [2.45, 2.75) is 0 Å². The van der Waals surface area contributed by atoms with Gasteiger partial charge in [0.15, 0.2) is 0 Å². The Hall–Kier alpha value is -1.61. The number of benzene rings is 1. The zero-order valence-corrected chi connectivity index (χ0v) is 9.33. The molecule has 2 nitrogen and oxygen atoms in total. The van der Waals surface area contributed by atoms with Gasteiger partial charge in [0.25, 0.3) is 0 Å². The van der Waals surface area contributed by atoms with Crippen molar-refractivity contribution in [3.05, 3.63) is 47.4 Å². The van der Waals surface area contributed by atoms with Crippen LogP contribution in [0.15, 0.2) is 36.5 Å². The minimum Gasteiger partial charge on any atom is -0.481 e. The number of pyridine rings is 1. The van der Waals surface area contributed by atoms with Gasteiger partial charge in [-0.05, 0) is 23.8 Å². The van der Waals surface area contributed by atoms with Crippen LogP contribution >= 0.6 is 11.6 Å². The van der Waals surface area contributed by atoms with Gasteiger partial charge in [0, 0.05) is 11.8 Å². The van der Waals surface area contributed by atoms with Crippen molar-refractivity contribution < 1.29 is 9.13 Å². The topological polar surface area (TPSA) is 22.1 Å². The molecule has 0 spiro atoms. The fraction of sp³-hybridized carbons (Fsp3) is 0.0833. The van der Waals surface area contributed by atoms with Gasteiger partial charge in [0.1, 0.15) is 5.82 Å². The molecule has 0 aliphatic carbocycles. The number of rotatable bonds is 2. The van der Waals surface area contributed by atoms with Crippen LogP contribution in [0.25, 0.3) is 11.1 Å². The van der Waals surface area contributed by atoms with Gasteiger partial charge in [0.2, 0.25) is 5.88 Å². The van der Waals surface area contributed by atoms with Gasteiger partial charge in [0.05, 0.1) is 12.1 Å². The lowest BCUT2D eigenvalue weighted by atomic mass is 10.1. The highest BCUT2D eigenvalue weighted by atomic mass is 35.5. The van der Waals surface area contributed by atoms with Gasteiger partial charge in [-0.1, -0.05) is 23.7 Å². The van der Waals surface area contributed by atoms with E-state index in [-0.39, 0.29) is 5.82 Å². The van der Waals surface area contributed by atoms with Gasteiger partial charge < -0.3 is 4.74 Å². The minimum absolute atomic E-state index is 0.306. The van der Waals surface area contributed by atoms with Crippen LogP contribution in [0.1, 0.15) is 0 Å². The monoisotopic (exact) mass is 237 g/mol. The Morgan fingerprint density at radius 3 is 2.81 bits per heavy atom. The molecule has 82 valence electrons. The number of ether oxygens (including phenoxy) is 1. The number of nitrogens with zero attached hydrogens (tertiary/aromatic N) is 1. The lowest BCUT2D eigenvalue weighted by Gasteiger charge is -2.07. The highest BCUT2D eigenvalue weighted by molar-refractivity contribution is 6.30. The van der Waals surface area contributed by atoms with E-state index < -0.39 is 0 Å². The molecular weight excluding hydrogens is 229 g/mol. The van der Waals surface area contributed by atoms with E-state index in [1.165, 1.54) is 25.4 Å². The molecule has 0 fully saturated rings. The lowest BCUT2D eigenvalue weighted by molar-refractivity contribution is 0.399. The van der Waals surface area contributed by atoms with Crippen molar-refractivity contribution in [2.24, 2.45) is 0 Å². The van der Waals surface area contributed by atoms with Crippen LogP contribution in [0.5, 0.6) is 5.88 Å². The molecule has 0 atom stereocenters. The average Bonchev–Trinajstić information content (AvgIpc) is 2.29. The van der Waals surface area contributed by atoms with Crippen LogP contribution in [0, 0.1) is 5.82 Å². The maximum Gasteiger partial charge on any atom is 0.221 e. The molecule has 0 bridgehead atoms. The summed E-state index contributed by atoms with van der Waals surface area (Å²) in [6.07, 6.45) is 1.49. The van der Waals surface area contributed by atoms with E-state index in [0.29, 0.717) is 22.0 Å². The molecule has 0 aliphatic heterocycles. The van der Waals surface area contributed by atoms with E-state index in [2.05, 4.69) is 4.98 Å². The van der Waals surface area contributed by atoms with E-state index in [1.54, 1.807) is 18.2 Å². The van der Waals surface area contributed by atoms with E-state index in [9.17, 15) is 4.39 Å². The summed E-state index contributed by atoms with van der Waals surface area (Å²) < 4.78 is 18.2. The second-order valence-corrected chi connectivity index (χ2v) is 3.66. The molecule has 0 saturated heterocycles. The molecule has 2 rings (SSSR count). The molecule has 1 heterocycles. The summed E-state index contributed by atoms with van der Waals surface area (Å²) in [6.45, 7) is 0. The van der Waals surface area contributed by atoms with Crippen molar-refractivity contribution in [2.75, 3.05) is 7.11 Å². The summed E-state index contributed by atoms with van der Waals surface area (Å²) >= 11 is 5.85. The minimum atomic E-state index is -0.306. The summed E-state index contributed by atoms with van der Waals surface area (Å²) in [4.78, 5) is 4.03. The molecule has 1 aromatic carbocycles. The maximum absolute atomic E-state index is 13.1. The van der Waals surface area contributed by atoms with Gasteiger partial charge in [-0.3, -0.25) is 0 Å². The number of aromatic nitrogens is 1. The molecule has 16 heavy (non-hydrogen) atoms. The molecule has 0 N–H and O–H groups in total. The first-order chi connectivity index (χ1) is 7.70. The molecule has 0 radical (unpaired) electrons. The van der Waals surface area contributed by atoms with E-state index in [4.69, 9.17) is 16.3 Å². The zero-order chi connectivity index (χ0) is 11.5. The smallest absolute Gasteiger partial charge is 0.221 e. The van der Waals surface area contributed by atoms with Crippen molar-refractivity contribution >= 4 is 11.6 Å². The molecular formula is C12H9ClFNO. The van der Waals surface area contributed by atoms with Crippen molar-refractivity contribution in [3.63, 3.8) is 0 Å². The number of halogens is 2. The van der Waals surface area contributed by atoms with Crippen LogP contribution in [0.3, 0.4) is 0 Å². The van der Waals surface area contributed by atoms with Crippen LogP contribution in [-0.4, -0.2) is 12.1 Å². The second-order valence-electron chi connectivity index (χ2n) is 3.22. The third-order valence-electron chi connectivity index (χ3n) is 2.15. The maximum atomic E-state index is 13.1. The third kappa shape index (κ3) is 2.14. The van der Waals surface area contributed by atoms with Crippen LogP contribution in [-0.2, 0) is 0 Å². The first-order valence-electron chi connectivity index (χ1n) is 4.66. The highest BCUT2D eigenvalue weighted by Gasteiger charge is 2.08. The summed E-state index contributed by atoms with van der Waals surface area (Å²) in [7, 11) is 1.51. The molecule has 1 aromatic heterocycles. The normalized spacial score (nSPS) is 10.2. The summed E-state index contributed by atoms with van der Waals surface area (Å²) in [5.41, 5.74) is 1.36. The standard InChI is InChI=1S/C12H9ClFNO/c1-16-12-11(6-9(13)7-15-12)8-3-2-4-10(14)5-8/h2-7H,1H3. The number of methoxy groups -OCH3 is 1. The summed E-state index contributed by atoms with van der Waals surface area (Å²) in [5.74, 6) is 0.120. The van der Waals surface area contributed by atoms with Gasteiger partial charge >= 0.3 is 0 Å². The average molecular weight is 238 g/mol. The largest absolute Gasteiger partial charge is 0.481 e. The van der Waals surface area contributed by atoms with Crippen LogP contribution in [0.2, 0.25) is 5.02 Å². The Bertz CT molecular complexity index is 516. The van der Waals surface area contributed by atoms with E-state index >= 15 is 0 Å². The fourth-order valence-corrected chi connectivity index (χ4v) is 1.61. The Labute approximate surface area is 97.7 Å². The Morgan fingerprint density at radius 2 is 2.12 bits per heavy atom. The number of hydrogen-bond acceptors (Lipinski definition) is 2. The SMILES string of the molecule is COc1ncc(Cl)cc1-c1cccc(F)c1. The van der Waals surface area contributed by atoms with Gasteiger partial charge in [-0.15, -0.1) is 0 Å². The molecule has 2 aromatic rings. The van der Waals surface area contributed by atoms with Gasteiger partial charge in [-0.25, -0.2) is 9.37 Å². The van der Waals surface area contributed by atoms with Gasteiger partial charge in [-0.2, -0.15) is 0 Å². The Kier molecular flexibility index (Phi) is 3.06. The predicted octanol–water partition coefficient (Wildman–Crippen LogP) is 3.55. The molecule has 0 unspecified atom stereocenters. The summed E-state index contributed by atoms with van der Waals surface area (Å²) in [6, 6.07) is 7.90. The summed E-state index contributed by atoms with van der Waals surface area (Å²) in [5, 5.41) is 0.486. The number of hydrogen-bond donors (Lipinski definition) is 0.